The van der Waals surface area contributed by atoms with Crippen LogP contribution in [0.25, 0.3) is 0 Å². The minimum absolute atomic E-state index is 0.106. The molecule has 0 bridgehead atoms. The number of ether oxygens (including phenoxy) is 1. The van der Waals surface area contributed by atoms with Crippen molar-refractivity contribution in [3.63, 3.8) is 0 Å². The van der Waals surface area contributed by atoms with Gasteiger partial charge in [0.2, 0.25) is 0 Å². The van der Waals surface area contributed by atoms with E-state index in [0.29, 0.717) is 11.8 Å². The van der Waals surface area contributed by atoms with Crippen molar-refractivity contribution in [2.45, 2.75) is 25.9 Å². The number of allylic oxidation sites excluding steroid dienone is 2. The fourth-order valence-electron chi connectivity index (χ4n) is 4.33. The lowest BCUT2D eigenvalue weighted by atomic mass is 9.78. The molecule has 1 aliphatic carbocycles. The van der Waals surface area contributed by atoms with Crippen molar-refractivity contribution in [3.05, 3.63) is 71.0 Å². The van der Waals surface area contributed by atoms with Crippen LogP contribution in [0.3, 0.4) is 0 Å². The van der Waals surface area contributed by atoms with E-state index >= 15 is 0 Å². The van der Waals surface area contributed by atoms with Gasteiger partial charge in [0, 0.05) is 5.92 Å². The van der Waals surface area contributed by atoms with Gasteiger partial charge in [0.25, 0.3) is 0 Å². The predicted molar refractivity (Wildman–Crippen MR) is 109 cm³/mol. The second kappa shape index (κ2) is 8.14. The Kier molecular flexibility index (Phi) is 6.00. The zero-order chi connectivity index (χ0) is 23.9. The number of benzene rings is 2. The number of nitriles is 1. The van der Waals surface area contributed by atoms with E-state index in [2.05, 4.69) is 0 Å². The number of aliphatic carboxylic acids is 1. The normalized spacial score (nSPS) is 23.2. The summed E-state index contributed by atoms with van der Waals surface area (Å²) in [5.74, 6) is -4.70. The number of carboxylic acid groups (broad SMARTS) is 1. The molecule has 1 aliphatic rings. The summed E-state index contributed by atoms with van der Waals surface area (Å²) in [4.78, 5) is 12.3. The Morgan fingerprint density at radius 3 is 2.41 bits per heavy atom. The van der Waals surface area contributed by atoms with E-state index in [1.807, 2.05) is 6.07 Å². The Hall–Kier alpha value is -3.05. The van der Waals surface area contributed by atoms with E-state index in [0.717, 1.165) is 6.07 Å². The Morgan fingerprint density at radius 2 is 1.88 bits per heavy atom. The van der Waals surface area contributed by atoms with Gasteiger partial charge >= 0.3 is 12.1 Å². The van der Waals surface area contributed by atoms with Crippen LogP contribution in [0.2, 0.25) is 0 Å². The third-order valence-corrected chi connectivity index (χ3v) is 6.37. The summed E-state index contributed by atoms with van der Waals surface area (Å²) >= 11 is 5.37. The van der Waals surface area contributed by atoms with Crippen LogP contribution in [0.5, 0.6) is 11.5 Å². The van der Waals surface area contributed by atoms with Gasteiger partial charge < -0.3 is 9.84 Å². The molecule has 4 nitrogen and oxygen atoms in total. The third kappa shape index (κ3) is 3.82. The Labute approximate surface area is 186 Å². The molecule has 1 saturated carbocycles. The number of carbonyl (C=O) groups is 1. The third-order valence-electron chi connectivity index (χ3n) is 6.03. The van der Waals surface area contributed by atoms with Gasteiger partial charge in [-0.2, -0.15) is 18.4 Å². The molecular weight excluding hydrogens is 450 g/mol. The van der Waals surface area contributed by atoms with Crippen LogP contribution in [-0.2, 0) is 4.79 Å². The highest BCUT2D eigenvalue weighted by Crippen LogP contribution is 2.75. The molecule has 2 aromatic rings. The molecule has 3 atom stereocenters. The lowest BCUT2D eigenvalue weighted by Crippen LogP contribution is -2.29. The highest BCUT2D eigenvalue weighted by molar-refractivity contribution is 6.30. The number of halogens is 5. The molecule has 0 radical (unpaired) electrons. The van der Waals surface area contributed by atoms with Gasteiger partial charge in [-0.25, -0.2) is 4.39 Å². The SMILES string of the molecule is CC1(C)C(/C=C(\Cl)C(F)(F)F)C1(C(=O)O)C(C#N)c1ccc(F)c(Oc2ccccc2)c1. The fraction of sp³-hybridized carbons (Fsp3) is 0.304. The highest BCUT2D eigenvalue weighted by Gasteiger charge is 2.78. The average molecular weight is 468 g/mol. The van der Waals surface area contributed by atoms with Gasteiger partial charge in [-0.1, -0.05) is 55.8 Å². The van der Waals surface area contributed by atoms with Crippen molar-refractivity contribution in [3.8, 4) is 17.6 Å². The number of hydrogen-bond donors (Lipinski definition) is 1. The monoisotopic (exact) mass is 467 g/mol. The molecule has 0 aliphatic heterocycles. The standard InChI is InChI=1S/C23H18ClF4NO3/c1-21(2)18(11-19(24)23(26,27)28)22(21,20(30)31)15(12-29)13-8-9-16(25)17(10-13)32-14-6-4-3-5-7-14/h3-11,15,18H,1-2H3,(H,30,31)/b19-11-. The molecule has 0 heterocycles. The van der Waals surface area contributed by atoms with Gasteiger partial charge in [0.1, 0.15) is 16.2 Å². The molecule has 32 heavy (non-hydrogen) atoms. The van der Waals surface area contributed by atoms with Crippen molar-refractivity contribution in [1.82, 2.24) is 0 Å². The smallest absolute Gasteiger partial charge is 0.426 e. The van der Waals surface area contributed by atoms with E-state index in [-0.39, 0.29) is 11.3 Å². The maximum Gasteiger partial charge on any atom is 0.426 e. The van der Waals surface area contributed by atoms with Crippen LogP contribution in [0, 0.1) is 33.9 Å². The molecule has 2 aromatic carbocycles. The van der Waals surface area contributed by atoms with Crippen LogP contribution in [0.15, 0.2) is 59.6 Å². The molecule has 168 valence electrons. The summed E-state index contributed by atoms with van der Waals surface area (Å²) in [5.41, 5.74) is -3.04. The lowest BCUT2D eigenvalue weighted by molar-refractivity contribution is -0.145. The quantitative estimate of drug-likeness (QED) is 0.483. The molecule has 9 heteroatoms. The van der Waals surface area contributed by atoms with Crippen LogP contribution >= 0.6 is 11.6 Å². The minimum atomic E-state index is -4.85. The highest BCUT2D eigenvalue weighted by atomic mass is 35.5. The largest absolute Gasteiger partial charge is 0.481 e. The molecule has 1 fully saturated rings. The second-order valence-corrected chi connectivity index (χ2v) is 8.46. The molecule has 1 N–H and O–H groups in total. The number of alkyl halides is 3. The molecular formula is C23H18ClF4NO3. The summed E-state index contributed by atoms with van der Waals surface area (Å²) in [7, 11) is 0. The van der Waals surface area contributed by atoms with Crippen LogP contribution in [0.4, 0.5) is 17.6 Å². The van der Waals surface area contributed by atoms with Crippen molar-refractivity contribution >= 4 is 17.6 Å². The van der Waals surface area contributed by atoms with Crippen molar-refractivity contribution in [2.75, 3.05) is 0 Å². The first-order valence-electron chi connectivity index (χ1n) is 9.47. The van der Waals surface area contributed by atoms with E-state index in [1.165, 1.54) is 26.0 Å². The molecule has 0 saturated heterocycles. The van der Waals surface area contributed by atoms with Gasteiger partial charge in [-0.3, -0.25) is 4.79 Å². The number of rotatable bonds is 6. The first kappa shape index (κ1) is 23.6. The van der Waals surface area contributed by atoms with Gasteiger partial charge in [-0.05, 0) is 35.2 Å². The Bertz CT molecular complexity index is 1110. The van der Waals surface area contributed by atoms with Crippen LogP contribution < -0.4 is 4.74 Å². The summed E-state index contributed by atoms with van der Waals surface area (Å²) in [6.45, 7) is 2.91. The molecule has 0 spiro atoms. The maximum atomic E-state index is 14.3. The van der Waals surface area contributed by atoms with Crippen molar-refractivity contribution < 1.29 is 32.2 Å². The van der Waals surface area contributed by atoms with Crippen LogP contribution in [-0.4, -0.2) is 17.3 Å². The van der Waals surface area contributed by atoms with E-state index < -0.39 is 45.7 Å². The molecule has 0 amide bonds. The first-order chi connectivity index (χ1) is 14.9. The zero-order valence-corrected chi connectivity index (χ0v) is 17.7. The number of hydrogen-bond acceptors (Lipinski definition) is 3. The Balaban J connectivity index is 2.07. The lowest BCUT2D eigenvalue weighted by Gasteiger charge is -2.22. The summed E-state index contributed by atoms with van der Waals surface area (Å²) in [6, 6.07) is 13.6. The minimum Gasteiger partial charge on any atom is -0.481 e. The maximum absolute atomic E-state index is 14.3. The topological polar surface area (TPSA) is 70.3 Å². The van der Waals surface area contributed by atoms with E-state index in [9.17, 15) is 32.7 Å². The first-order valence-corrected chi connectivity index (χ1v) is 9.85. The van der Waals surface area contributed by atoms with Crippen molar-refractivity contribution in [2.24, 2.45) is 16.7 Å². The van der Waals surface area contributed by atoms with Gasteiger partial charge in [0.05, 0.1) is 12.0 Å². The van der Waals surface area contributed by atoms with Gasteiger partial charge in [0.15, 0.2) is 11.6 Å². The number of carboxylic acids is 1. The average Bonchev–Trinajstić information content (AvgIpc) is 3.20. The second-order valence-electron chi connectivity index (χ2n) is 8.05. The molecule has 3 unspecified atom stereocenters. The molecule has 0 aromatic heterocycles. The van der Waals surface area contributed by atoms with Crippen LogP contribution in [0.1, 0.15) is 25.3 Å². The summed E-state index contributed by atoms with van der Waals surface area (Å²) < 4.78 is 58.8. The number of nitrogens with zero attached hydrogens (tertiary/aromatic N) is 1. The van der Waals surface area contributed by atoms with E-state index in [1.54, 1.807) is 30.3 Å². The summed E-state index contributed by atoms with van der Waals surface area (Å²) in [6.07, 6.45) is -4.20. The number of para-hydroxylation sites is 1. The zero-order valence-electron chi connectivity index (χ0n) is 17.0. The predicted octanol–water partition coefficient (Wildman–Crippen LogP) is 6.64. The fourth-order valence-corrected chi connectivity index (χ4v) is 4.46. The van der Waals surface area contributed by atoms with Crippen molar-refractivity contribution in [1.29, 1.82) is 5.26 Å². The van der Waals surface area contributed by atoms with Gasteiger partial charge in [-0.15, -0.1) is 0 Å². The summed E-state index contributed by atoms with van der Waals surface area (Å²) in [5, 5.41) is 18.5. The van der Waals surface area contributed by atoms with E-state index in [4.69, 9.17) is 16.3 Å². The Morgan fingerprint density at radius 1 is 1.25 bits per heavy atom. The molecule has 3 rings (SSSR count).